The number of hydrogen-bond acceptors (Lipinski definition) is 2. The second-order valence-corrected chi connectivity index (χ2v) is 5.87. The van der Waals surface area contributed by atoms with E-state index in [1.165, 1.54) is 0 Å². The number of rotatable bonds is 4. The van der Waals surface area contributed by atoms with Crippen molar-refractivity contribution >= 4 is 21.6 Å². The van der Waals surface area contributed by atoms with Gasteiger partial charge in [0.25, 0.3) is 0 Å². The summed E-state index contributed by atoms with van der Waals surface area (Å²) in [5, 5.41) is 0. The fourth-order valence-electron chi connectivity index (χ4n) is 1.37. The molecular weight excluding hydrogens is 272 g/mol. The summed E-state index contributed by atoms with van der Waals surface area (Å²) in [4.78, 5) is -0.681. The van der Waals surface area contributed by atoms with Crippen LogP contribution in [0.2, 0.25) is 0 Å². The first-order valence-corrected chi connectivity index (χ1v) is 7.02. The number of nitrogens with one attached hydrogen (secondary N) is 1. The van der Waals surface area contributed by atoms with Crippen molar-refractivity contribution in [3.8, 4) is 0 Å². The van der Waals surface area contributed by atoms with Crippen molar-refractivity contribution in [2.24, 2.45) is 0 Å². The average Bonchev–Trinajstić information content (AvgIpc) is 3.04. The van der Waals surface area contributed by atoms with Gasteiger partial charge in [0.2, 0.25) is 10.0 Å². The SMILES string of the molecule is O=S(=O)(NC1CC1)c1cc(CCl)cc(F)c1F. The first-order chi connectivity index (χ1) is 7.94. The van der Waals surface area contributed by atoms with Crippen LogP contribution in [0.25, 0.3) is 0 Å². The van der Waals surface area contributed by atoms with Crippen molar-refractivity contribution in [3.05, 3.63) is 29.3 Å². The van der Waals surface area contributed by atoms with Crippen LogP contribution in [0.3, 0.4) is 0 Å². The third-order valence-electron chi connectivity index (χ3n) is 2.40. The van der Waals surface area contributed by atoms with Crippen molar-refractivity contribution in [1.82, 2.24) is 4.72 Å². The molecule has 0 aliphatic heterocycles. The number of halogens is 3. The van der Waals surface area contributed by atoms with E-state index in [1.54, 1.807) is 0 Å². The van der Waals surface area contributed by atoms with Gasteiger partial charge in [-0.05, 0) is 30.5 Å². The van der Waals surface area contributed by atoms with E-state index in [-0.39, 0.29) is 17.5 Å². The minimum atomic E-state index is -4.01. The van der Waals surface area contributed by atoms with Crippen molar-refractivity contribution in [2.45, 2.75) is 29.7 Å². The number of alkyl halides is 1. The topological polar surface area (TPSA) is 46.2 Å². The van der Waals surface area contributed by atoms with Gasteiger partial charge in [0.05, 0.1) is 0 Å². The van der Waals surface area contributed by atoms with Crippen molar-refractivity contribution in [1.29, 1.82) is 0 Å². The fourth-order valence-corrected chi connectivity index (χ4v) is 2.97. The second-order valence-electron chi connectivity index (χ2n) is 3.92. The minimum Gasteiger partial charge on any atom is -0.208 e. The molecule has 1 aromatic rings. The molecule has 0 unspecified atom stereocenters. The Kier molecular flexibility index (Phi) is 3.38. The largest absolute Gasteiger partial charge is 0.243 e. The zero-order chi connectivity index (χ0) is 12.6. The smallest absolute Gasteiger partial charge is 0.208 e. The first kappa shape index (κ1) is 12.7. The number of sulfonamides is 1. The van der Waals surface area contributed by atoms with Gasteiger partial charge in [0, 0.05) is 11.9 Å². The van der Waals surface area contributed by atoms with Crippen LogP contribution in [0.1, 0.15) is 18.4 Å². The maximum atomic E-state index is 13.4. The summed E-state index contributed by atoms with van der Waals surface area (Å²) in [6.07, 6.45) is 1.44. The second kappa shape index (κ2) is 4.51. The van der Waals surface area contributed by atoms with E-state index in [0.29, 0.717) is 0 Å². The predicted molar refractivity (Wildman–Crippen MR) is 59.3 cm³/mol. The summed E-state index contributed by atoms with van der Waals surface area (Å²) in [6.45, 7) is 0. The van der Waals surface area contributed by atoms with Crippen molar-refractivity contribution in [3.63, 3.8) is 0 Å². The Morgan fingerprint density at radius 2 is 2.00 bits per heavy atom. The molecule has 0 heterocycles. The molecule has 2 rings (SSSR count). The minimum absolute atomic E-state index is 0.0802. The van der Waals surface area contributed by atoms with Crippen LogP contribution in [-0.4, -0.2) is 14.5 Å². The van der Waals surface area contributed by atoms with Crippen LogP contribution < -0.4 is 4.72 Å². The molecule has 0 aromatic heterocycles. The van der Waals surface area contributed by atoms with Crippen molar-refractivity contribution in [2.75, 3.05) is 0 Å². The summed E-state index contributed by atoms with van der Waals surface area (Å²) in [5.41, 5.74) is 0.224. The van der Waals surface area contributed by atoms with E-state index in [1.807, 2.05) is 0 Å². The van der Waals surface area contributed by atoms with E-state index < -0.39 is 26.6 Å². The molecule has 0 radical (unpaired) electrons. The Labute approximate surface area is 103 Å². The molecule has 0 atom stereocenters. The van der Waals surface area contributed by atoms with Gasteiger partial charge in [0.15, 0.2) is 11.6 Å². The lowest BCUT2D eigenvalue weighted by Gasteiger charge is -2.08. The van der Waals surface area contributed by atoms with Crippen LogP contribution >= 0.6 is 11.6 Å². The number of hydrogen-bond donors (Lipinski definition) is 1. The van der Waals surface area contributed by atoms with Gasteiger partial charge in [-0.25, -0.2) is 21.9 Å². The molecule has 1 N–H and O–H groups in total. The number of benzene rings is 1. The van der Waals surface area contributed by atoms with Gasteiger partial charge in [-0.3, -0.25) is 0 Å². The highest BCUT2D eigenvalue weighted by molar-refractivity contribution is 7.89. The van der Waals surface area contributed by atoms with E-state index >= 15 is 0 Å². The predicted octanol–water partition coefficient (Wildman–Crippen LogP) is 2.14. The van der Waals surface area contributed by atoms with Gasteiger partial charge < -0.3 is 0 Å². The van der Waals surface area contributed by atoms with E-state index in [4.69, 9.17) is 11.6 Å². The molecule has 7 heteroatoms. The van der Waals surface area contributed by atoms with E-state index in [0.717, 1.165) is 25.0 Å². The molecule has 17 heavy (non-hydrogen) atoms. The highest BCUT2D eigenvalue weighted by atomic mass is 35.5. The third-order valence-corrected chi connectivity index (χ3v) is 4.23. The Morgan fingerprint density at radius 1 is 1.35 bits per heavy atom. The molecule has 94 valence electrons. The first-order valence-electron chi connectivity index (χ1n) is 5.00. The summed E-state index contributed by atoms with van der Waals surface area (Å²) < 4.78 is 52.4. The zero-order valence-corrected chi connectivity index (χ0v) is 10.3. The van der Waals surface area contributed by atoms with Gasteiger partial charge >= 0.3 is 0 Å². The Bertz CT molecular complexity index is 543. The summed E-state index contributed by atoms with van der Waals surface area (Å²) >= 11 is 5.49. The maximum absolute atomic E-state index is 13.4. The lowest BCUT2D eigenvalue weighted by molar-refractivity contribution is 0.482. The molecule has 0 amide bonds. The Morgan fingerprint density at radius 3 is 2.53 bits per heavy atom. The van der Waals surface area contributed by atoms with E-state index in [9.17, 15) is 17.2 Å². The summed E-state index contributed by atoms with van der Waals surface area (Å²) in [5.74, 6) is -2.66. The molecule has 1 fully saturated rings. The lowest BCUT2D eigenvalue weighted by atomic mass is 10.2. The highest BCUT2D eigenvalue weighted by Crippen LogP contribution is 2.25. The Hall–Kier alpha value is -0.720. The average molecular weight is 282 g/mol. The summed E-state index contributed by atoms with van der Waals surface area (Å²) in [7, 11) is -4.01. The van der Waals surface area contributed by atoms with Crippen LogP contribution in [0.4, 0.5) is 8.78 Å². The van der Waals surface area contributed by atoms with Gasteiger partial charge in [-0.2, -0.15) is 0 Å². The van der Waals surface area contributed by atoms with Crippen LogP contribution in [0, 0.1) is 11.6 Å². The van der Waals surface area contributed by atoms with E-state index in [2.05, 4.69) is 4.72 Å². The molecule has 1 aromatic carbocycles. The molecule has 1 saturated carbocycles. The normalized spacial score (nSPS) is 16.2. The molecule has 0 spiro atoms. The van der Waals surface area contributed by atoms with Crippen molar-refractivity contribution < 1.29 is 17.2 Å². The lowest BCUT2D eigenvalue weighted by Crippen LogP contribution is -2.27. The highest BCUT2D eigenvalue weighted by Gasteiger charge is 2.30. The van der Waals surface area contributed by atoms with Gasteiger partial charge in [0.1, 0.15) is 4.90 Å². The zero-order valence-electron chi connectivity index (χ0n) is 8.71. The monoisotopic (exact) mass is 281 g/mol. The van der Waals surface area contributed by atoms with Crippen LogP contribution in [-0.2, 0) is 15.9 Å². The Balaban J connectivity index is 2.45. The molecule has 3 nitrogen and oxygen atoms in total. The quantitative estimate of drug-likeness (QED) is 0.860. The molecular formula is C10H10ClF2NO2S. The maximum Gasteiger partial charge on any atom is 0.243 e. The fraction of sp³-hybridized carbons (Fsp3) is 0.400. The molecule has 1 aliphatic rings. The molecule has 0 saturated heterocycles. The van der Waals surface area contributed by atoms with Gasteiger partial charge in [-0.1, -0.05) is 0 Å². The standard InChI is InChI=1S/C10H10ClF2NO2S/c11-5-6-3-8(12)10(13)9(4-6)17(15,16)14-7-1-2-7/h3-4,7,14H,1-2,5H2. The third kappa shape index (κ3) is 2.75. The molecule has 1 aliphatic carbocycles. The molecule has 0 bridgehead atoms. The van der Waals surface area contributed by atoms with Crippen LogP contribution in [0.5, 0.6) is 0 Å². The van der Waals surface area contributed by atoms with Crippen LogP contribution in [0.15, 0.2) is 17.0 Å². The summed E-state index contributed by atoms with van der Waals surface area (Å²) in [6, 6.07) is 1.77. The van der Waals surface area contributed by atoms with Gasteiger partial charge in [-0.15, -0.1) is 11.6 Å².